The van der Waals surface area contributed by atoms with Crippen LogP contribution in [0.2, 0.25) is 0 Å². The minimum atomic E-state index is 0.306. The molecule has 1 aromatic heterocycles. The number of nitrogens with two attached hydrogens (primary N) is 1. The fourth-order valence-electron chi connectivity index (χ4n) is 2.89. The summed E-state index contributed by atoms with van der Waals surface area (Å²) in [6, 6.07) is 0.306. The summed E-state index contributed by atoms with van der Waals surface area (Å²) in [5.41, 5.74) is 2.94. The average Bonchev–Trinajstić information content (AvgIpc) is 2.82. The lowest BCUT2D eigenvalue weighted by atomic mass is 9.78. The number of hydrazine groups is 1. The van der Waals surface area contributed by atoms with E-state index in [0.29, 0.717) is 12.1 Å². The molecule has 2 rings (SSSR count). The van der Waals surface area contributed by atoms with Crippen LogP contribution in [0.15, 0.2) is 12.4 Å². The molecular weight excluding hydrogens is 240 g/mol. The summed E-state index contributed by atoms with van der Waals surface area (Å²) in [6.07, 6.45) is 8.72. The van der Waals surface area contributed by atoms with Crippen molar-refractivity contribution in [3.8, 4) is 0 Å². The van der Waals surface area contributed by atoms with Gasteiger partial charge in [-0.2, -0.15) is 0 Å². The number of nitrogens with zero attached hydrogens (tertiary/aromatic N) is 2. The van der Waals surface area contributed by atoms with E-state index in [1.54, 1.807) is 0 Å². The Balaban J connectivity index is 1.78. The summed E-state index contributed by atoms with van der Waals surface area (Å²) in [5, 5.41) is 0. The molecule has 0 radical (unpaired) electrons. The lowest BCUT2D eigenvalue weighted by molar-refractivity contribution is -0.0290. The second-order valence-corrected chi connectivity index (χ2v) is 5.35. The number of ether oxygens (including phenoxy) is 1. The van der Waals surface area contributed by atoms with E-state index in [-0.39, 0.29) is 0 Å². The number of imidazole rings is 1. The van der Waals surface area contributed by atoms with Crippen molar-refractivity contribution in [3.05, 3.63) is 18.2 Å². The van der Waals surface area contributed by atoms with Gasteiger partial charge in [0.25, 0.3) is 0 Å². The van der Waals surface area contributed by atoms with Crippen molar-refractivity contribution in [2.24, 2.45) is 11.8 Å². The number of rotatable bonds is 8. The summed E-state index contributed by atoms with van der Waals surface area (Å²) in [7, 11) is 0. The highest BCUT2D eigenvalue weighted by atomic mass is 16.5. The predicted octanol–water partition coefficient (Wildman–Crippen LogP) is 1.48. The first-order valence-corrected chi connectivity index (χ1v) is 7.34. The Morgan fingerprint density at radius 1 is 1.53 bits per heavy atom. The van der Waals surface area contributed by atoms with Gasteiger partial charge in [-0.3, -0.25) is 11.3 Å². The third-order valence-electron chi connectivity index (χ3n) is 4.02. The van der Waals surface area contributed by atoms with E-state index < -0.39 is 0 Å². The number of hydrogen-bond acceptors (Lipinski definition) is 4. The van der Waals surface area contributed by atoms with Crippen molar-refractivity contribution in [1.82, 2.24) is 15.0 Å². The zero-order valence-electron chi connectivity index (χ0n) is 12.0. The Kier molecular flexibility index (Phi) is 5.36. The van der Waals surface area contributed by atoms with Crippen LogP contribution in [0.1, 0.15) is 38.9 Å². The second-order valence-electron chi connectivity index (χ2n) is 5.35. The van der Waals surface area contributed by atoms with Crippen molar-refractivity contribution < 1.29 is 4.74 Å². The smallest absolute Gasteiger partial charge is 0.110 e. The number of aryl methyl sites for hydroxylation is 1. The van der Waals surface area contributed by atoms with Crippen LogP contribution in [0.4, 0.5) is 0 Å². The molecule has 1 aliphatic rings. The maximum atomic E-state index is 5.68. The Bertz CT molecular complexity index is 373. The molecule has 5 heteroatoms. The summed E-state index contributed by atoms with van der Waals surface area (Å²) < 4.78 is 7.77. The molecular formula is C14H26N4O. The Labute approximate surface area is 115 Å². The van der Waals surface area contributed by atoms with Crippen molar-refractivity contribution in [2.45, 2.75) is 58.2 Å². The Morgan fingerprint density at radius 3 is 2.95 bits per heavy atom. The molecule has 0 saturated heterocycles. The van der Waals surface area contributed by atoms with Gasteiger partial charge >= 0.3 is 0 Å². The first kappa shape index (κ1) is 14.5. The van der Waals surface area contributed by atoms with Crippen LogP contribution in [0.5, 0.6) is 0 Å². The summed E-state index contributed by atoms with van der Waals surface area (Å²) in [4.78, 5) is 4.41. The fourth-order valence-corrected chi connectivity index (χ4v) is 2.89. The standard InChI is InChI=1S/C14H26N4O/c1-3-18-6-5-16-14(18)10-12(17-15)7-11-8-13(9-11)19-4-2/h5-6,11-13,17H,3-4,7-10,15H2,1-2H3. The first-order valence-electron chi connectivity index (χ1n) is 7.34. The molecule has 19 heavy (non-hydrogen) atoms. The van der Waals surface area contributed by atoms with E-state index in [2.05, 4.69) is 28.8 Å². The molecule has 0 spiro atoms. The average molecular weight is 266 g/mol. The zero-order valence-corrected chi connectivity index (χ0v) is 12.0. The number of nitrogens with one attached hydrogen (secondary N) is 1. The van der Waals surface area contributed by atoms with Crippen molar-refractivity contribution >= 4 is 0 Å². The van der Waals surface area contributed by atoms with Crippen molar-refractivity contribution in [1.29, 1.82) is 0 Å². The van der Waals surface area contributed by atoms with Gasteiger partial charge in [0.15, 0.2) is 0 Å². The first-order chi connectivity index (χ1) is 9.26. The molecule has 1 aliphatic carbocycles. The lowest BCUT2D eigenvalue weighted by Gasteiger charge is -2.36. The van der Waals surface area contributed by atoms with Crippen LogP contribution in [0.3, 0.4) is 0 Å². The second kappa shape index (κ2) is 7.03. The highest BCUT2D eigenvalue weighted by Crippen LogP contribution is 2.33. The van der Waals surface area contributed by atoms with Crippen LogP contribution in [0, 0.1) is 5.92 Å². The maximum absolute atomic E-state index is 5.68. The maximum Gasteiger partial charge on any atom is 0.110 e. The van der Waals surface area contributed by atoms with Gasteiger partial charge in [0.05, 0.1) is 6.10 Å². The van der Waals surface area contributed by atoms with E-state index in [0.717, 1.165) is 37.7 Å². The van der Waals surface area contributed by atoms with Crippen LogP contribution < -0.4 is 11.3 Å². The third kappa shape index (κ3) is 3.78. The monoisotopic (exact) mass is 266 g/mol. The van der Waals surface area contributed by atoms with E-state index >= 15 is 0 Å². The largest absolute Gasteiger partial charge is 0.378 e. The van der Waals surface area contributed by atoms with Gasteiger partial charge in [-0.05, 0) is 39.0 Å². The quantitative estimate of drug-likeness (QED) is 0.552. The molecule has 0 aromatic carbocycles. The van der Waals surface area contributed by atoms with Crippen molar-refractivity contribution in [2.75, 3.05) is 6.61 Å². The van der Waals surface area contributed by atoms with E-state index in [1.165, 1.54) is 12.8 Å². The van der Waals surface area contributed by atoms with Gasteiger partial charge in [-0.15, -0.1) is 0 Å². The predicted molar refractivity (Wildman–Crippen MR) is 75.5 cm³/mol. The molecule has 1 atom stereocenters. The molecule has 0 amide bonds. The van der Waals surface area contributed by atoms with E-state index in [9.17, 15) is 0 Å². The van der Waals surface area contributed by atoms with Gasteiger partial charge in [0.1, 0.15) is 5.82 Å². The number of aromatic nitrogens is 2. The summed E-state index contributed by atoms with van der Waals surface area (Å²) >= 11 is 0. The Morgan fingerprint density at radius 2 is 2.32 bits per heavy atom. The van der Waals surface area contributed by atoms with Gasteiger partial charge in [0, 0.05) is 38.0 Å². The third-order valence-corrected chi connectivity index (χ3v) is 4.02. The van der Waals surface area contributed by atoms with Gasteiger partial charge in [0.2, 0.25) is 0 Å². The number of hydrogen-bond donors (Lipinski definition) is 2. The van der Waals surface area contributed by atoms with Crippen LogP contribution >= 0.6 is 0 Å². The van der Waals surface area contributed by atoms with Crippen LogP contribution in [-0.2, 0) is 17.7 Å². The lowest BCUT2D eigenvalue weighted by Crippen LogP contribution is -2.42. The molecule has 1 unspecified atom stereocenters. The molecule has 5 nitrogen and oxygen atoms in total. The SMILES string of the molecule is CCOC1CC(CC(Cc2nccn2CC)NN)C1. The summed E-state index contributed by atoms with van der Waals surface area (Å²) in [6.45, 7) is 5.98. The van der Waals surface area contributed by atoms with Crippen LogP contribution in [-0.4, -0.2) is 28.3 Å². The van der Waals surface area contributed by atoms with Gasteiger partial charge in [-0.25, -0.2) is 4.98 Å². The van der Waals surface area contributed by atoms with E-state index in [1.807, 2.05) is 12.4 Å². The molecule has 0 aliphatic heterocycles. The molecule has 1 heterocycles. The minimum absolute atomic E-state index is 0.306. The topological polar surface area (TPSA) is 65.1 Å². The van der Waals surface area contributed by atoms with Gasteiger partial charge in [-0.1, -0.05) is 0 Å². The zero-order chi connectivity index (χ0) is 13.7. The highest BCUT2D eigenvalue weighted by molar-refractivity contribution is 4.96. The highest BCUT2D eigenvalue weighted by Gasteiger charge is 2.31. The molecule has 3 N–H and O–H groups in total. The molecule has 1 saturated carbocycles. The van der Waals surface area contributed by atoms with E-state index in [4.69, 9.17) is 10.6 Å². The normalized spacial score (nSPS) is 24.2. The van der Waals surface area contributed by atoms with Crippen LogP contribution in [0.25, 0.3) is 0 Å². The Hall–Kier alpha value is -0.910. The fraction of sp³-hybridized carbons (Fsp3) is 0.786. The van der Waals surface area contributed by atoms with Crippen molar-refractivity contribution in [3.63, 3.8) is 0 Å². The molecule has 0 bridgehead atoms. The van der Waals surface area contributed by atoms with Gasteiger partial charge < -0.3 is 9.30 Å². The summed E-state index contributed by atoms with van der Waals surface area (Å²) in [5.74, 6) is 7.54. The molecule has 1 aromatic rings. The molecule has 1 fully saturated rings. The minimum Gasteiger partial charge on any atom is -0.378 e. The molecule has 108 valence electrons.